The van der Waals surface area contributed by atoms with Crippen LogP contribution in [0.25, 0.3) is 0 Å². The van der Waals surface area contributed by atoms with Crippen molar-refractivity contribution in [1.29, 1.82) is 0 Å². The minimum Gasteiger partial charge on any atom is -0.432 e. The van der Waals surface area contributed by atoms with Gasteiger partial charge in [-0.05, 0) is 93.0 Å². The zero-order valence-electron chi connectivity index (χ0n) is 17.1. The van der Waals surface area contributed by atoms with Gasteiger partial charge in [0.15, 0.2) is 0 Å². The van der Waals surface area contributed by atoms with Crippen molar-refractivity contribution in [2.75, 3.05) is 31.6 Å². The van der Waals surface area contributed by atoms with Gasteiger partial charge in [-0.25, -0.2) is 0 Å². The van der Waals surface area contributed by atoms with Crippen LogP contribution in [0.5, 0.6) is 5.75 Å². The van der Waals surface area contributed by atoms with Gasteiger partial charge in [-0.2, -0.15) is 0 Å². The lowest BCUT2D eigenvalue weighted by Crippen LogP contribution is -2.31. The van der Waals surface area contributed by atoms with Gasteiger partial charge in [-0.3, -0.25) is 0 Å². The molecule has 154 valence electrons. The Kier molecular flexibility index (Phi) is 8.10. The molecule has 0 unspecified atom stereocenters. The fourth-order valence-electron chi connectivity index (χ4n) is 3.66. The van der Waals surface area contributed by atoms with Gasteiger partial charge in [-0.15, -0.1) is 6.58 Å². The van der Waals surface area contributed by atoms with Crippen LogP contribution in [-0.4, -0.2) is 36.8 Å². The van der Waals surface area contributed by atoms with Crippen LogP contribution in [-0.2, 0) is 12.8 Å². The second kappa shape index (κ2) is 10.8. The van der Waals surface area contributed by atoms with E-state index in [4.69, 9.17) is 28.6 Å². The lowest BCUT2D eigenvalue weighted by atomic mass is 10.0. The van der Waals surface area contributed by atoms with Crippen LogP contribution >= 0.6 is 23.8 Å². The molecule has 0 aliphatic carbocycles. The molecule has 0 N–H and O–H groups in total. The largest absolute Gasteiger partial charge is 0.432 e. The summed E-state index contributed by atoms with van der Waals surface area (Å²) in [6.45, 7) is 6.75. The van der Waals surface area contributed by atoms with E-state index in [0.717, 1.165) is 32.5 Å². The molecule has 0 saturated heterocycles. The molecule has 29 heavy (non-hydrogen) atoms. The van der Waals surface area contributed by atoms with E-state index in [0.29, 0.717) is 15.9 Å². The third kappa shape index (κ3) is 6.30. The second-order valence-corrected chi connectivity index (χ2v) is 8.33. The third-order valence-corrected chi connectivity index (χ3v) is 5.78. The van der Waals surface area contributed by atoms with Gasteiger partial charge in [0.2, 0.25) is 0 Å². The van der Waals surface area contributed by atoms with Crippen LogP contribution in [0.2, 0.25) is 5.02 Å². The predicted molar refractivity (Wildman–Crippen MR) is 127 cm³/mol. The first-order chi connectivity index (χ1) is 14.1. The number of unbranched alkanes of at least 4 members (excludes halogenated alkanes) is 2. The standard InChI is InChI=1S/C24H29ClN2OS/c1-3-15-26(2)16-6-4-5-7-19-8-13-23-20(18-19)14-17-27(23)24(29)28-22-11-9-21(25)10-12-22/h3,8-13,18H,1,4-7,14-17H2,2H3. The number of anilines is 1. The van der Waals surface area contributed by atoms with Gasteiger partial charge in [0.1, 0.15) is 5.75 Å². The van der Waals surface area contributed by atoms with E-state index in [1.807, 2.05) is 18.2 Å². The Morgan fingerprint density at radius 2 is 2.00 bits per heavy atom. The average molecular weight is 429 g/mol. The highest BCUT2D eigenvalue weighted by Crippen LogP contribution is 2.30. The van der Waals surface area contributed by atoms with Crippen LogP contribution in [0.4, 0.5) is 5.69 Å². The molecule has 0 saturated carbocycles. The van der Waals surface area contributed by atoms with Crippen LogP contribution < -0.4 is 9.64 Å². The van der Waals surface area contributed by atoms with E-state index in [-0.39, 0.29) is 0 Å². The molecule has 2 aromatic rings. The minimum absolute atomic E-state index is 0.488. The molecule has 0 aromatic heterocycles. The average Bonchev–Trinajstić information content (AvgIpc) is 3.13. The second-order valence-electron chi connectivity index (χ2n) is 7.55. The molecule has 1 heterocycles. The number of ether oxygens (including phenoxy) is 1. The number of rotatable bonds is 9. The number of nitrogens with zero attached hydrogens (tertiary/aromatic N) is 2. The highest BCUT2D eigenvalue weighted by Gasteiger charge is 2.23. The molecule has 2 aromatic carbocycles. The molecule has 1 aliphatic rings. The fourth-order valence-corrected chi connectivity index (χ4v) is 4.07. The number of benzene rings is 2. The van der Waals surface area contributed by atoms with Gasteiger partial charge in [0.05, 0.1) is 0 Å². The maximum absolute atomic E-state index is 5.93. The van der Waals surface area contributed by atoms with Crippen molar-refractivity contribution >= 4 is 34.7 Å². The number of thiocarbonyl (C=S) groups is 1. The maximum Gasteiger partial charge on any atom is 0.269 e. The first-order valence-electron chi connectivity index (χ1n) is 10.2. The first kappa shape index (κ1) is 21.8. The molecular weight excluding hydrogens is 400 g/mol. The molecule has 0 bridgehead atoms. The molecule has 0 amide bonds. The summed E-state index contributed by atoms with van der Waals surface area (Å²) in [4.78, 5) is 4.39. The van der Waals surface area contributed by atoms with Gasteiger partial charge in [-0.1, -0.05) is 36.2 Å². The van der Waals surface area contributed by atoms with Crippen LogP contribution in [0.15, 0.2) is 55.1 Å². The van der Waals surface area contributed by atoms with Gasteiger partial charge in [0, 0.05) is 23.8 Å². The Bertz CT molecular complexity index is 837. The third-order valence-electron chi connectivity index (χ3n) is 5.22. The number of hydrogen-bond donors (Lipinski definition) is 0. The molecule has 3 nitrogen and oxygen atoms in total. The smallest absolute Gasteiger partial charge is 0.269 e. The van der Waals surface area contributed by atoms with Crippen molar-refractivity contribution in [3.8, 4) is 5.75 Å². The molecule has 3 rings (SSSR count). The van der Waals surface area contributed by atoms with E-state index in [1.54, 1.807) is 12.1 Å². The molecular formula is C24H29ClN2OS. The Labute approximate surface area is 184 Å². The van der Waals surface area contributed by atoms with Gasteiger partial charge < -0.3 is 14.5 Å². The van der Waals surface area contributed by atoms with Crippen molar-refractivity contribution in [2.45, 2.75) is 32.1 Å². The fraction of sp³-hybridized carbons (Fsp3) is 0.375. The minimum atomic E-state index is 0.488. The van der Waals surface area contributed by atoms with Crippen LogP contribution in [0.1, 0.15) is 30.4 Å². The van der Waals surface area contributed by atoms with Crippen molar-refractivity contribution in [3.63, 3.8) is 0 Å². The summed E-state index contributed by atoms with van der Waals surface area (Å²) in [5, 5.41) is 1.17. The van der Waals surface area contributed by atoms with Crippen LogP contribution in [0, 0.1) is 0 Å². The first-order valence-corrected chi connectivity index (χ1v) is 11.0. The van der Waals surface area contributed by atoms with E-state index in [9.17, 15) is 0 Å². The zero-order valence-corrected chi connectivity index (χ0v) is 18.6. The predicted octanol–water partition coefficient (Wildman–Crippen LogP) is 5.90. The van der Waals surface area contributed by atoms with E-state index >= 15 is 0 Å². The Balaban J connectivity index is 1.49. The summed E-state index contributed by atoms with van der Waals surface area (Å²) in [5.41, 5.74) is 3.93. The number of likely N-dealkylation sites (N-methyl/N-ethyl adjacent to an activating group) is 1. The van der Waals surface area contributed by atoms with Crippen LogP contribution in [0.3, 0.4) is 0 Å². The zero-order chi connectivity index (χ0) is 20.6. The lowest BCUT2D eigenvalue weighted by Gasteiger charge is -2.20. The van der Waals surface area contributed by atoms with Gasteiger partial charge >= 0.3 is 0 Å². The Morgan fingerprint density at radius 3 is 2.76 bits per heavy atom. The summed E-state index contributed by atoms with van der Waals surface area (Å²) < 4.78 is 5.86. The number of aryl methyl sites for hydroxylation is 1. The quantitative estimate of drug-likeness (QED) is 0.280. The molecule has 0 spiro atoms. The summed E-state index contributed by atoms with van der Waals surface area (Å²) in [7, 11) is 2.15. The van der Waals surface area contributed by atoms with Crippen molar-refractivity contribution < 1.29 is 4.74 Å². The summed E-state index contributed by atoms with van der Waals surface area (Å²) in [5.74, 6) is 0.711. The summed E-state index contributed by atoms with van der Waals surface area (Å²) in [6, 6.07) is 14.0. The Hall–Kier alpha value is -1.88. The normalized spacial score (nSPS) is 12.9. The number of halogens is 1. The van der Waals surface area contributed by atoms with Crippen molar-refractivity contribution in [2.24, 2.45) is 0 Å². The SMILES string of the molecule is C=CCN(C)CCCCCc1ccc2c(c1)CCN2C(=S)Oc1ccc(Cl)cc1. The van der Waals surface area contributed by atoms with Crippen molar-refractivity contribution in [3.05, 3.63) is 71.3 Å². The molecule has 1 aliphatic heterocycles. The monoisotopic (exact) mass is 428 g/mol. The highest BCUT2D eigenvalue weighted by molar-refractivity contribution is 7.80. The maximum atomic E-state index is 5.93. The number of fused-ring (bicyclic) bond motifs is 1. The molecule has 0 atom stereocenters. The van der Waals surface area contributed by atoms with E-state index in [2.05, 4.69) is 41.6 Å². The molecule has 0 radical (unpaired) electrons. The summed E-state index contributed by atoms with van der Waals surface area (Å²) >= 11 is 11.5. The lowest BCUT2D eigenvalue weighted by molar-refractivity contribution is 0.358. The topological polar surface area (TPSA) is 15.7 Å². The van der Waals surface area contributed by atoms with E-state index < -0.39 is 0 Å². The highest BCUT2D eigenvalue weighted by atomic mass is 35.5. The Morgan fingerprint density at radius 1 is 1.21 bits per heavy atom. The summed E-state index contributed by atoms with van der Waals surface area (Å²) in [6.07, 6.45) is 7.80. The molecule has 0 fully saturated rings. The number of hydrogen-bond acceptors (Lipinski definition) is 3. The molecule has 5 heteroatoms. The van der Waals surface area contributed by atoms with Gasteiger partial charge in [0.25, 0.3) is 5.17 Å². The van der Waals surface area contributed by atoms with Crippen molar-refractivity contribution in [1.82, 2.24) is 4.90 Å². The van der Waals surface area contributed by atoms with E-state index in [1.165, 1.54) is 36.1 Å².